The van der Waals surface area contributed by atoms with Crippen LogP contribution in [0.2, 0.25) is 0 Å². The summed E-state index contributed by atoms with van der Waals surface area (Å²) in [7, 11) is 0. The molecule has 0 bridgehead atoms. The normalized spacial score (nSPS) is 18.4. The third-order valence-electron chi connectivity index (χ3n) is 5.23. The van der Waals surface area contributed by atoms with Crippen LogP contribution in [-0.4, -0.2) is 45.8 Å². The summed E-state index contributed by atoms with van der Waals surface area (Å²) in [6.45, 7) is 2.49. The third-order valence-corrected chi connectivity index (χ3v) is 5.23. The van der Waals surface area contributed by atoms with Gasteiger partial charge in [0.15, 0.2) is 0 Å². The quantitative estimate of drug-likeness (QED) is 0.896. The van der Waals surface area contributed by atoms with Gasteiger partial charge >= 0.3 is 0 Å². The molecule has 4 rings (SSSR count). The number of para-hydroxylation sites is 1. The lowest BCUT2D eigenvalue weighted by Gasteiger charge is -2.35. The smallest absolute Gasteiger partial charge is 0.224 e. The van der Waals surface area contributed by atoms with Gasteiger partial charge in [0.25, 0.3) is 0 Å². The van der Waals surface area contributed by atoms with Crippen molar-refractivity contribution >= 4 is 16.8 Å². The maximum absolute atomic E-state index is 12.9. The van der Waals surface area contributed by atoms with E-state index >= 15 is 0 Å². The molecule has 6 heteroatoms. The summed E-state index contributed by atoms with van der Waals surface area (Å²) in [6.07, 6.45) is 6.13. The van der Waals surface area contributed by atoms with Gasteiger partial charge in [-0.2, -0.15) is 5.10 Å². The van der Waals surface area contributed by atoms with Gasteiger partial charge in [0.05, 0.1) is 18.3 Å². The van der Waals surface area contributed by atoms with E-state index in [1.54, 1.807) is 4.68 Å². The molecule has 132 valence electrons. The van der Waals surface area contributed by atoms with Crippen molar-refractivity contribution in [1.29, 1.82) is 0 Å². The molecular weight excluding hydrogens is 316 g/mol. The number of carbonyl (C=O) groups is 1. The summed E-state index contributed by atoms with van der Waals surface area (Å²) >= 11 is 0. The first-order chi connectivity index (χ1) is 12.2. The number of piperidine rings is 1. The van der Waals surface area contributed by atoms with Gasteiger partial charge in [-0.1, -0.05) is 12.1 Å². The van der Waals surface area contributed by atoms with Crippen LogP contribution in [-0.2, 0) is 11.3 Å². The van der Waals surface area contributed by atoms with Crippen molar-refractivity contribution < 1.29 is 4.79 Å². The largest absolute Gasteiger partial charge is 0.337 e. The Kier molecular flexibility index (Phi) is 4.53. The molecule has 1 amide bonds. The molecule has 0 radical (unpaired) electrons. The van der Waals surface area contributed by atoms with Crippen molar-refractivity contribution in [2.75, 3.05) is 13.1 Å². The maximum Gasteiger partial charge on any atom is 0.224 e. The minimum Gasteiger partial charge on any atom is -0.337 e. The van der Waals surface area contributed by atoms with Crippen LogP contribution in [0.5, 0.6) is 0 Å². The number of hydrogen-bond acceptors (Lipinski definition) is 4. The highest BCUT2D eigenvalue weighted by molar-refractivity contribution is 5.79. The summed E-state index contributed by atoms with van der Waals surface area (Å²) < 4.78 is 1.78. The second kappa shape index (κ2) is 6.96. The van der Waals surface area contributed by atoms with E-state index in [1.165, 1.54) is 6.20 Å². The van der Waals surface area contributed by atoms with Crippen molar-refractivity contribution in [3.05, 3.63) is 40.7 Å². The Labute approximate surface area is 146 Å². The minimum absolute atomic E-state index is 0.0764. The number of nitrogens with one attached hydrogen (secondary N) is 1. The van der Waals surface area contributed by atoms with Crippen LogP contribution >= 0.6 is 0 Å². The topological polar surface area (TPSA) is 67.2 Å². The molecule has 1 aromatic heterocycles. The molecule has 0 unspecified atom stereocenters. The lowest BCUT2D eigenvalue weighted by atomic mass is 10.0. The molecule has 2 heterocycles. The molecule has 1 saturated heterocycles. The lowest BCUT2D eigenvalue weighted by Crippen LogP contribution is -2.47. The first kappa shape index (κ1) is 16.3. The molecular formula is C19H24N4O2. The Morgan fingerprint density at radius 2 is 1.88 bits per heavy atom. The Morgan fingerprint density at radius 3 is 2.64 bits per heavy atom. The Morgan fingerprint density at radius 1 is 1.16 bits per heavy atom. The van der Waals surface area contributed by atoms with Gasteiger partial charge in [-0.05, 0) is 50.9 Å². The van der Waals surface area contributed by atoms with Crippen molar-refractivity contribution in [2.24, 2.45) is 0 Å². The van der Waals surface area contributed by atoms with E-state index in [-0.39, 0.29) is 11.3 Å². The molecule has 0 spiro atoms. The summed E-state index contributed by atoms with van der Waals surface area (Å²) in [5, 5.41) is 8.26. The lowest BCUT2D eigenvalue weighted by molar-refractivity contribution is -0.135. The second-order valence-corrected chi connectivity index (χ2v) is 7.01. The molecule has 0 atom stereocenters. The van der Waals surface area contributed by atoms with Crippen LogP contribution < -0.4 is 10.7 Å². The molecule has 1 aliphatic carbocycles. The van der Waals surface area contributed by atoms with Gasteiger partial charge in [-0.15, -0.1) is 0 Å². The SMILES string of the molecule is O=C(CCn1ncc(=O)c2ccccc21)N(C1CCNCC1)C1CC1. The average molecular weight is 340 g/mol. The second-order valence-electron chi connectivity index (χ2n) is 7.01. The van der Waals surface area contributed by atoms with Crippen molar-refractivity contribution in [1.82, 2.24) is 20.0 Å². The van der Waals surface area contributed by atoms with E-state index in [0.29, 0.717) is 30.4 Å². The van der Waals surface area contributed by atoms with Crippen LogP contribution in [0.1, 0.15) is 32.1 Å². The van der Waals surface area contributed by atoms with Gasteiger partial charge in [0.1, 0.15) is 0 Å². The number of carbonyl (C=O) groups excluding carboxylic acids is 1. The Bertz CT molecular complexity index is 822. The molecule has 1 aliphatic heterocycles. The van der Waals surface area contributed by atoms with E-state index in [1.807, 2.05) is 24.3 Å². The van der Waals surface area contributed by atoms with Crippen molar-refractivity contribution in [3.63, 3.8) is 0 Å². The molecule has 2 aromatic rings. The number of aryl methyl sites for hydroxylation is 1. The monoisotopic (exact) mass is 340 g/mol. The predicted molar refractivity (Wildman–Crippen MR) is 96.4 cm³/mol. The van der Waals surface area contributed by atoms with Crippen molar-refractivity contribution in [3.8, 4) is 0 Å². The molecule has 25 heavy (non-hydrogen) atoms. The molecule has 6 nitrogen and oxygen atoms in total. The third kappa shape index (κ3) is 3.44. The first-order valence-corrected chi connectivity index (χ1v) is 9.21. The van der Waals surface area contributed by atoms with E-state index in [0.717, 1.165) is 44.3 Å². The van der Waals surface area contributed by atoms with Crippen LogP contribution in [0.4, 0.5) is 0 Å². The fourth-order valence-electron chi connectivity index (χ4n) is 3.81. The number of benzene rings is 1. The van der Waals surface area contributed by atoms with Gasteiger partial charge in [0, 0.05) is 23.9 Å². The highest BCUT2D eigenvalue weighted by Gasteiger charge is 2.37. The van der Waals surface area contributed by atoms with E-state index < -0.39 is 0 Å². The van der Waals surface area contributed by atoms with Crippen LogP contribution in [0.15, 0.2) is 35.3 Å². The molecule has 1 N–H and O–H groups in total. The molecule has 1 saturated carbocycles. The fraction of sp³-hybridized carbons (Fsp3) is 0.526. The molecule has 2 aliphatic rings. The summed E-state index contributed by atoms with van der Waals surface area (Å²) in [6, 6.07) is 8.26. The Balaban J connectivity index is 1.49. The highest BCUT2D eigenvalue weighted by Crippen LogP contribution is 2.31. The van der Waals surface area contributed by atoms with E-state index in [2.05, 4.69) is 15.3 Å². The first-order valence-electron chi connectivity index (χ1n) is 9.21. The summed E-state index contributed by atoms with van der Waals surface area (Å²) in [4.78, 5) is 27.0. The number of amides is 1. The average Bonchev–Trinajstić information content (AvgIpc) is 3.47. The number of nitrogens with zero attached hydrogens (tertiary/aromatic N) is 3. The van der Waals surface area contributed by atoms with Crippen LogP contribution in [0, 0.1) is 0 Å². The highest BCUT2D eigenvalue weighted by atomic mass is 16.2. The van der Waals surface area contributed by atoms with Gasteiger partial charge < -0.3 is 10.2 Å². The number of aromatic nitrogens is 2. The zero-order valence-corrected chi connectivity index (χ0v) is 14.4. The maximum atomic E-state index is 12.9. The molecule has 2 fully saturated rings. The van der Waals surface area contributed by atoms with Gasteiger partial charge in [-0.25, -0.2) is 0 Å². The predicted octanol–water partition coefficient (Wildman–Crippen LogP) is 1.53. The standard InChI is InChI=1S/C19H24N4O2/c24-18-13-21-22(17-4-2-1-3-16(17)18)12-9-19(25)23(14-5-6-14)15-7-10-20-11-8-15/h1-4,13-15,20H,5-12H2. The summed E-state index contributed by atoms with van der Waals surface area (Å²) in [5.41, 5.74) is 0.718. The van der Waals surface area contributed by atoms with E-state index in [4.69, 9.17) is 0 Å². The zero-order valence-electron chi connectivity index (χ0n) is 14.4. The Hall–Kier alpha value is -2.21. The van der Waals surface area contributed by atoms with Crippen molar-refractivity contribution in [2.45, 2.75) is 50.7 Å². The van der Waals surface area contributed by atoms with Gasteiger partial charge in [0.2, 0.25) is 11.3 Å². The molecule has 1 aromatic carbocycles. The zero-order chi connectivity index (χ0) is 17.2. The van der Waals surface area contributed by atoms with E-state index in [9.17, 15) is 9.59 Å². The number of hydrogen-bond donors (Lipinski definition) is 1. The van der Waals surface area contributed by atoms with Crippen LogP contribution in [0.3, 0.4) is 0 Å². The van der Waals surface area contributed by atoms with Gasteiger partial charge in [-0.3, -0.25) is 14.3 Å². The summed E-state index contributed by atoms with van der Waals surface area (Å²) in [5.74, 6) is 0.221. The number of fused-ring (bicyclic) bond motifs is 1. The fourth-order valence-corrected chi connectivity index (χ4v) is 3.81. The minimum atomic E-state index is -0.0764. The number of rotatable bonds is 5. The van der Waals surface area contributed by atoms with Crippen LogP contribution in [0.25, 0.3) is 10.9 Å².